The Labute approximate surface area is 122 Å². The van der Waals surface area contributed by atoms with Gasteiger partial charge in [-0.15, -0.1) is 0 Å². The third-order valence-corrected chi connectivity index (χ3v) is 4.91. The molecule has 0 aliphatic rings. The van der Waals surface area contributed by atoms with Gasteiger partial charge in [0.2, 0.25) is 0 Å². The van der Waals surface area contributed by atoms with Crippen molar-refractivity contribution >= 4 is 0 Å². The van der Waals surface area contributed by atoms with Crippen LogP contribution in [-0.2, 0) is 0 Å². The maximum Gasteiger partial charge on any atom is 0.0916 e. The van der Waals surface area contributed by atoms with Gasteiger partial charge in [-0.3, -0.25) is 9.80 Å². The Morgan fingerprint density at radius 2 is 0.895 bits per heavy atom. The van der Waals surface area contributed by atoms with Crippen LogP contribution in [0.3, 0.4) is 0 Å². The zero-order valence-electron chi connectivity index (χ0n) is 14.4. The van der Waals surface area contributed by atoms with E-state index in [1.54, 1.807) is 0 Å². The van der Waals surface area contributed by atoms with Gasteiger partial charge in [0.1, 0.15) is 0 Å². The first-order valence-electron chi connectivity index (χ1n) is 8.40. The minimum absolute atomic E-state index is 1.18. The van der Waals surface area contributed by atoms with Gasteiger partial charge < -0.3 is 4.48 Å². The molecule has 0 rings (SSSR count). The first kappa shape index (κ1) is 18.9. The van der Waals surface area contributed by atoms with Gasteiger partial charge in [-0.25, -0.2) is 0 Å². The van der Waals surface area contributed by atoms with Crippen LogP contribution in [0.25, 0.3) is 0 Å². The Morgan fingerprint density at radius 3 is 1.11 bits per heavy atom. The summed E-state index contributed by atoms with van der Waals surface area (Å²) < 4.78 is 1.27. The van der Waals surface area contributed by atoms with E-state index in [9.17, 15) is 0 Å². The van der Waals surface area contributed by atoms with E-state index in [2.05, 4.69) is 51.3 Å². The normalized spacial score (nSPS) is 12.6. The van der Waals surface area contributed by atoms with Crippen LogP contribution >= 0.6 is 0 Å². The quantitative estimate of drug-likeness (QED) is 0.504. The molecule has 0 aromatic rings. The van der Waals surface area contributed by atoms with E-state index in [-0.39, 0.29) is 0 Å². The lowest BCUT2D eigenvalue weighted by atomic mass is 10.3. The Kier molecular flexibility index (Phi) is 10.6. The maximum atomic E-state index is 2.55. The molecule has 19 heavy (non-hydrogen) atoms. The molecular weight excluding hydrogens is 234 g/mol. The fourth-order valence-electron chi connectivity index (χ4n) is 2.75. The summed E-state index contributed by atoms with van der Waals surface area (Å²) in [4.78, 5) is 5.10. The predicted molar refractivity (Wildman–Crippen MR) is 86.7 cm³/mol. The van der Waals surface area contributed by atoms with Crippen molar-refractivity contribution in [3.8, 4) is 0 Å². The maximum absolute atomic E-state index is 2.55. The molecule has 3 heteroatoms. The van der Waals surface area contributed by atoms with Gasteiger partial charge in [-0.05, 0) is 40.0 Å². The minimum atomic E-state index is 1.18. The summed E-state index contributed by atoms with van der Waals surface area (Å²) >= 11 is 0. The number of hydrogen-bond donors (Lipinski definition) is 0. The molecule has 0 saturated heterocycles. The van der Waals surface area contributed by atoms with Gasteiger partial charge in [-0.2, -0.15) is 0 Å². The molecule has 0 heterocycles. The molecule has 0 fully saturated rings. The Hall–Kier alpha value is -0.120. The van der Waals surface area contributed by atoms with Gasteiger partial charge in [0, 0.05) is 13.1 Å². The second kappa shape index (κ2) is 10.6. The lowest BCUT2D eigenvalue weighted by molar-refractivity contribution is -0.924. The van der Waals surface area contributed by atoms with Crippen LogP contribution in [0, 0.1) is 0 Å². The van der Waals surface area contributed by atoms with Crippen molar-refractivity contribution in [3.05, 3.63) is 0 Å². The van der Waals surface area contributed by atoms with Crippen molar-refractivity contribution in [2.75, 3.05) is 65.4 Å². The second-order valence-corrected chi connectivity index (χ2v) is 5.48. The summed E-state index contributed by atoms with van der Waals surface area (Å²) in [7, 11) is 0. The van der Waals surface area contributed by atoms with Crippen molar-refractivity contribution in [2.45, 2.75) is 41.5 Å². The van der Waals surface area contributed by atoms with E-state index < -0.39 is 0 Å². The number of likely N-dealkylation sites (N-methyl/N-ethyl adjacent to an activating group) is 3. The van der Waals surface area contributed by atoms with E-state index in [1.807, 2.05) is 0 Å². The average Bonchev–Trinajstić information content (AvgIpc) is 2.47. The molecule has 3 nitrogen and oxygen atoms in total. The number of hydrogen-bond acceptors (Lipinski definition) is 2. The zero-order chi connectivity index (χ0) is 14.7. The van der Waals surface area contributed by atoms with E-state index >= 15 is 0 Å². The lowest BCUT2D eigenvalue weighted by Crippen LogP contribution is -2.54. The van der Waals surface area contributed by atoms with Gasteiger partial charge >= 0.3 is 0 Å². The molecule has 0 unspecified atom stereocenters. The third kappa shape index (κ3) is 6.73. The summed E-state index contributed by atoms with van der Waals surface area (Å²) in [6, 6.07) is 0. The molecule has 0 aromatic heterocycles. The fourth-order valence-corrected chi connectivity index (χ4v) is 2.75. The average molecular weight is 273 g/mol. The number of quaternary nitrogens is 1. The van der Waals surface area contributed by atoms with Crippen LogP contribution in [0.4, 0.5) is 0 Å². The van der Waals surface area contributed by atoms with Crippen LogP contribution in [0.5, 0.6) is 0 Å². The Morgan fingerprint density at radius 1 is 0.579 bits per heavy atom. The Bertz CT molecular complexity index is 176. The summed E-state index contributed by atoms with van der Waals surface area (Å²) in [6.45, 7) is 26.1. The molecule has 0 aliphatic carbocycles. The van der Waals surface area contributed by atoms with Crippen molar-refractivity contribution in [1.29, 1.82) is 0 Å². The Balaban J connectivity index is 4.39. The highest BCUT2D eigenvalue weighted by molar-refractivity contribution is 4.56. The number of rotatable bonds is 12. The number of nitrogens with zero attached hydrogens (tertiary/aromatic N) is 3. The molecule has 0 saturated carbocycles. The fraction of sp³-hybridized carbons (Fsp3) is 1.00. The monoisotopic (exact) mass is 272 g/mol. The van der Waals surface area contributed by atoms with Crippen molar-refractivity contribution in [1.82, 2.24) is 9.80 Å². The van der Waals surface area contributed by atoms with Crippen LogP contribution < -0.4 is 0 Å². The molecular formula is C16H38N3+. The first-order chi connectivity index (χ1) is 9.11. The summed E-state index contributed by atoms with van der Waals surface area (Å²) in [5, 5.41) is 0. The van der Waals surface area contributed by atoms with Gasteiger partial charge in [0.05, 0.1) is 26.2 Å². The van der Waals surface area contributed by atoms with Crippen LogP contribution in [-0.4, -0.2) is 79.7 Å². The highest BCUT2D eigenvalue weighted by atomic mass is 15.4. The molecule has 116 valence electrons. The van der Waals surface area contributed by atoms with E-state index in [4.69, 9.17) is 0 Å². The van der Waals surface area contributed by atoms with Gasteiger partial charge in [0.25, 0.3) is 0 Å². The van der Waals surface area contributed by atoms with Crippen molar-refractivity contribution < 1.29 is 4.48 Å². The zero-order valence-corrected chi connectivity index (χ0v) is 14.4. The van der Waals surface area contributed by atoms with Crippen molar-refractivity contribution in [3.63, 3.8) is 0 Å². The molecule has 0 aliphatic heterocycles. The van der Waals surface area contributed by atoms with Gasteiger partial charge in [-0.1, -0.05) is 27.7 Å². The molecule has 0 bridgehead atoms. The smallest absolute Gasteiger partial charge is 0.0916 e. The molecule has 0 atom stereocenters. The summed E-state index contributed by atoms with van der Waals surface area (Å²) in [6.07, 6.45) is 0. The van der Waals surface area contributed by atoms with E-state index in [0.29, 0.717) is 0 Å². The highest BCUT2D eigenvalue weighted by Crippen LogP contribution is 2.08. The van der Waals surface area contributed by atoms with Crippen LogP contribution in [0.2, 0.25) is 0 Å². The molecule has 0 amide bonds. The molecule has 0 N–H and O–H groups in total. The van der Waals surface area contributed by atoms with E-state index in [0.717, 1.165) is 0 Å². The standard InChI is InChI=1S/C16H38N3/c1-7-17(8-2)13-15-19(11-5,12-6)16-14-18(9-3)10-4/h7-16H2,1-6H3/q+1. The molecule has 0 spiro atoms. The van der Waals surface area contributed by atoms with E-state index in [1.165, 1.54) is 69.9 Å². The highest BCUT2D eigenvalue weighted by Gasteiger charge is 2.24. The summed E-state index contributed by atoms with van der Waals surface area (Å²) in [5.74, 6) is 0. The molecule has 0 aromatic carbocycles. The minimum Gasteiger partial charge on any atom is -0.322 e. The van der Waals surface area contributed by atoms with Crippen molar-refractivity contribution in [2.24, 2.45) is 0 Å². The molecule has 0 radical (unpaired) electrons. The largest absolute Gasteiger partial charge is 0.322 e. The second-order valence-electron chi connectivity index (χ2n) is 5.48. The lowest BCUT2D eigenvalue weighted by Gasteiger charge is -2.39. The third-order valence-electron chi connectivity index (χ3n) is 4.91. The topological polar surface area (TPSA) is 6.48 Å². The SMILES string of the molecule is CCN(CC)CC[N+](CC)(CC)CCN(CC)CC. The van der Waals surface area contributed by atoms with Crippen LogP contribution in [0.15, 0.2) is 0 Å². The van der Waals surface area contributed by atoms with Crippen LogP contribution in [0.1, 0.15) is 41.5 Å². The first-order valence-corrected chi connectivity index (χ1v) is 8.40. The predicted octanol–water partition coefficient (Wildman–Crippen LogP) is 2.53. The van der Waals surface area contributed by atoms with Gasteiger partial charge in [0.15, 0.2) is 0 Å². The summed E-state index contributed by atoms with van der Waals surface area (Å²) in [5.41, 5.74) is 0.